The molecule has 0 unspecified atom stereocenters. The number of rotatable bonds is 4. The fourth-order valence-electron chi connectivity index (χ4n) is 2.22. The normalized spacial score (nSPS) is 10.5. The van der Waals surface area contributed by atoms with Crippen molar-refractivity contribution in [3.63, 3.8) is 0 Å². The lowest BCUT2D eigenvalue weighted by atomic mass is 10.1. The molecule has 3 aromatic rings. The van der Waals surface area contributed by atoms with E-state index in [1.165, 1.54) is 47.1 Å². The molecule has 0 spiro atoms. The van der Waals surface area contributed by atoms with Crippen LogP contribution in [0.1, 0.15) is 0 Å². The van der Waals surface area contributed by atoms with Crippen molar-refractivity contribution in [3.8, 4) is 28.4 Å². The van der Waals surface area contributed by atoms with Crippen LogP contribution in [0.3, 0.4) is 0 Å². The first-order valence-electron chi connectivity index (χ1n) is 6.67. The minimum absolute atomic E-state index is 0.0814. The second kappa shape index (κ2) is 5.80. The SMILES string of the molecule is O=CNc1cc(-c2ccc(O)cc2O)nn1-c1cccc(F)c1. The van der Waals surface area contributed by atoms with Crippen LogP contribution in [0.5, 0.6) is 11.5 Å². The van der Waals surface area contributed by atoms with Gasteiger partial charge in [0.2, 0.25) is 6.41 Å². The number of amides is 1. The van der Waals surface area contributed by atoms with Crippen LogP contribution in [0.2, 0.25) is 0 Å². The summed E-state index contributed by atoms with van der Waals surface area (Å²) in [5.41, 5.74) is 1.14. The molecule has 6 nitrogen and oxygen atoms in total. The number of carbonyl (C=O) groups is 1. The average Bonchev–Trinajstić information content (AvgIpc) is 2.91. The van der Waals surface area contributed by atoms with E-state index in [9.17, 15) is 19.4 Å². The van der Waals surface area contributed by atoms with Crippen molar-refractivity contribution in [2.24, 2.45) is 0 Å². The topological polar surface area (TPSA) is 87.4 Å². The van der Waals surface area contributed by atoms with Crippen LogP contribution in [-0.4, -0.2) is 26.4 Å². The Hall–Kier alpha value is -3.35. The zero-order valence-electron chi connectivity index (χ0n) is 11.8. The summed E-state index contributed by atoms with van der Waals surface area (Å²) in [7, 11) is 0. The molecule has 23 heavy (non-hydrogen) atoms. The standard InChI is InChI=1S/C16H12FN3O3/c17-10-2-1-3-11(6-10)20-16(18-9-21)8-14(19-20)13-5-4-12(22)7-15(13)23/h1-9,22-23H,(H,18,21). The molecule has 2 aromatic carbocycles. The number of aromatic hydroxyl groups is 2. The minimum Gasteiger partial charge on any atom is -0.508 e. The molecule has 0 saturated heterocycles. The molecule has 0 atom stereocenters. The fraction of sp³-hybridized carbons (Fsp3) is 0. The van der Waals surface area contributed by atoms with Crippen molar-refractivity contribution in [1.29, 1.82) is 0 Å². The summed E-state index contributed by atoms with van der Waals surface area (Å²) in [4.78, 5) is 10.8. The highest BCUT2D eigenvalue weighted by Gasteiger charge is 2.14. The van der Waals surface area contributed by atoms with Crippen molar-refractivity contribution >= 4 is 12.2 Å². The third-order valence-electron chi connectivity index (χ3n) is 3.23. The quantitative estimate of drug-likeness (QED) is 0.646. The van der Waals surface area contributed by atoms with Gasteiger partial charge in [0.1, 0.15) is 23.1 Å². The van der Waals surface area contributed by atoms with Crippen molar-refractivity contribution in [3.05, 3.63) is 54.3 Å². The molecule has 1 aromatic heterocycles. The molecule has 0 radical (unpaired) electrons. The summed E-state index contributed by atoms with van der Waals surface area (Å²) in [6, 6.07) is 11.3. The number of nitrogens with one attached hydrogen (secondary N) is 1. The molecule has 0 fully saturated rings. The highest BCUT2D eigenvalue weighted by Crippen LogP contribution is 2.33. The fourth-order valence-corrected chi connectivity index (χ4v) is 2.22. The second-order valence-electron chi connectivity index (χ2n) is 4.77. The van der Waals surface area contributed by atoms with E-state index in [4.69, 9.17) is 0 Å². The lowest BCUT2D eigenvalue weighted by molar-refractivity contribution is -0.105. The highest BCUT2D eigenvalue weighted by molar-refractivity contribution is 5.76. The highest BCUT2D eigenvalue weighted by atomic mass is 19.1. The van der Waals surface area contributed by atoms with Gasteiger partial charge < -0.3 is 15.5 Å². The Morgan fingerprint density at radius 2 is 1.96 bits per heavy atom. The molecule has 0 saturated carbocycles. The van der Waals surface area contributed by atoms with Gasteiger partial charge in [-0.3, -0.25) is 4.79 Å². The zero-order chi connectivity index (χ0) is 16.4. The lowest BCUT2D eigenvalue weighted by Gasteiger charge is -2.05. The number of nitrogens with zero attached hydrogens (tertiary/aromatic N) is 2. The van der Waals surface area contributed by atoms with Crippen LogP contribution in [0.25, 0.3) is 16.9 Å². The molecule has 116 valence electrons. The monoisotopic (exact) mass is 313 g/mol. The van der Waals surface area contributed by atoms with Gasteiger partial charge in [0.15, 0.2) is 0 Å². The zero-order valence-corrected chi connectivity index (χ0v) is 11.8. The molecule has 3 rings (SSSR count). The second-order valence-corrected chi connectivity index (χ2v) is 4.77. The maximum atomic E-state index is 13.4. The third-order valence-corrected chi connectivity index (χ3v) is 3.23. The van der Waals surface area contributed by atoms with E-state index >= 15 is 0 Å². The molecule has 1 amide bonds. The molecule has 0 bridgehead atoms. The number of phenolic OH excluding ortho intramolecular Hbond substituents is 2. The van der Waals surface area contributed by atoms with Gasteiger partial charge in [-0.15, -0.1) is 0 Å². The smallest absolute Gasteiger partial charge is 0.212 e. The summed E-state index contributed by atoms with van der Waals surface area (Å²) in [5.74, 6) is -0.370. The first-order chi connectivity index (χ1) is 11.1. The van der Waals surface area contributed by atoms with E-state index in [0.717, 1.165) is 0 Å². The Bertz CT molecular complexity index is 877. The van der Waals surface area contributed by atoms with Gasteiger partial charge in [-0.2, -0.15) is 5.10 Å². The minimum atomic E-state index is -0.441. The largest absolute Gasteiger partial charge is 0.508 e. The van der Waals surface area contributed by atoms with Crippen molar-refractivity contribution < 1.29 is 19.4 Å². The number of aromatic nitrogens is 2. The molecule has 1 heterocycles. The third kappa shape index (κ3) is 2.84. The Kier molecular flexibility index (Phi) is 3.68. The van der Waals surface area contributed by atoms with E-state index in [2.05, 4.69) is 10.4 Å². The predicted octanol–water partition coefficient (Wildman–Crippen LogP) is 2.66. The summed E-state index contributed by atoms with van der Waals surface area (Å²) in [6.07, 6.45) is 0.479. The van der Waals surface area contributed by atoms with Gasteiger partial charge in [0.05, 0.1) is 11.4 Å². The maximum absolute atomic E-state index is 13.4. The van der Waals surface area contributed by atoms with Crippen molar-refractivity contribution in [1.82, 2.24) is 9.78 Å². The van der Waals surface area contributed by atoms with E-state index in [0.29, 0.717) is 29.2 Å². The van der Waals surface area contributed by atoms with Crippen LogP contribution in [0.4, 0.5) is 10.2 Å². The van der Waals surface area contributed by atoms with Gasteiger partial charge in [-0.25, -0.2) is 9.07 Å². The Morgan fingerprint density at radius 1 is 1.13 bits per heavy atom. The van der Waals surface area contributed by atoms with E-state index in [1.807, 2.05) is 0 Å². The molecular weight excluding hydrogens is 301 g/mol. The van der Waals surface area contributed by atoms with Crippen LogP contribution >= 0.6 is 0 Å². The maximum Gasteiger partial charge on any atom is 0.212 e. The number of phenols is 2. The number of hydrogen-bond donors (Lipinski definition) is 3. The van der Waals surface area contributed by atoms with Gasteiger partial charge in [-0.05, 0) is 30.3 Å². The Balaban J connectivity index is 2.14. The molecule has 0 aliphatic rings. The molecule has 0 aliphatic heterocycles. The molecule has 0 aliphatic carbocycles. The van der Waals surface area contributed by atoms with Gasteiger partial charge in [0.25, 0.3) is 0 Å². The predicted molar refractivity (Wildman–Crippen MR) is 82.0 cm³/mol. The van der Waals surface area contributed by atoms with Crippen LogP contribution in [0.15, 0.2) is 48.5 Å². The number of anilines is 1. The van der Waals surface area contributed by atoms with Crippen molar-refractivity contribution in [2.75, 3.05) is 5.32 Å². The summed E-state index contributed by atoms with van der Waals surface area (Å²) >= 11 is 0. The van der Waals surface area contributed by atoms with Gasteiger partial charge >= 0.3 is 0 Å². The van der Waals surface area contributed by atoms with Crippen molar-refractivity contribution in [2.45, 2.75) is 0 Å². The van der Waals surface area contributed by atoms with Gasteiger partial charge in [0, 0.05) is 17.7 Å². The van der Waals surface area contributed by atoms with E-state index in [1.54, 1.807) is 6.07 Å². The van der Waals surface area contributed by atoms with Gasteiger partial charge in [-0.1, -0.05) is 6.07 Å². The van der Waals surface area contributed by atoms with E-state index in [-0.39, 0.29) is 11.5 Å². The Labute approximate surface area is 130 Å². The number of halogens is 1. The van der Waals surface area contributed by atoms with E-state index < -0.39 is 5.82 Å². The Morgan fingerprint density at radius 3 is 2.65 bits per heavy atom. The molecule has 7 heteroatoms. The summed E-state index contributed by atoms with van der Waals surface area (Å²) < 4.78 is 14.8. The van der Waals surface area contributed by atoms with Crippen LogP contribution in [0, 0.1) is 5.82 Å². The number of hydrogen-bond acceptors (Lipinski definition) is 4. The summed E-state index contributed by atoms with van der Waals surface area (Å²) in [5, 5.41) is 26.1. The van der Waals surface area contributed by atoms with Crippen LogP contribution < -0.4 is 5.32 Å². The first kappa shape index (κ1) is 14.6. The number of benzene rings is 2. The summed E-state index contributed by atoms with van der Waals surface area (Å²) in [6.45, 7) is 0. The lowest BCUT2D eigenvalue weighted by Crippen LogP contribution is -2.04. The first-order valence-corrected chi connectivity index (χ1v) is 6.67. The number of carbonyl (C=O) groups excluding carboxylic acids is 1. The average molecular weight is 313 g/mol. The van der Waals surface area contributed by atoms with Crippen LogP contribution in [-0.2, 0) is 4.79 Å². The molecule has 3 N–H and O–H groups in total. The molecular formula is C16H12FN3O3.